The summed E-state index contributed by atoms with van der Waals surface area (Å²) in [7, 11) is 0. The van der Waals surface area contributed by atoms with Gasteiger partial charge in [-0.25, -0.2) is 9.37 Å². The van der Waals surface area contributed by atoms with Crippen LogP contribution in [0.3, 0.4) is 0 Å². The molecule has 0 aliphatic rings. The van der Waals surface area contributed by atoms with Crippen LogP contribution in [0.2, 0.25) is 10.3 Å². The van der Waals surface area contributed by atoms with Crippen LogP contribution in [-0.4, -0.2) is 9.97 Å². The van der Waals surface area contributed by atoms with Crippen molar-refractivity contribution in [3.05, 3.63) is 40.5 Å². The molecule has 0 radical (unpaired) electrons. The molecular weight excluding hydrogens is 266 g/mol. The Bertz CT molecular complexity index is 562. The molecule has 3 N–H and O–H groups in total. The molecule has 1 heterocycles. The molecule has 0 spiro atoms. The Kier molecular flexibility index (Phi) is 3.31. The van der Waals surface area contributed by atoms with E-state index < -0.39 is 5.82 Å². The highest BCUT2D eigenvalue weighted by Gasteiger charge is 2.05. The molecule has 17 heavy (non-hydrogen) atoms. The number of anilines is 3. The van der Waals surface area contributed by atoms with E-state index in [2.05, 4.69) is 15.3 Å². The van der Waals surface area contributed by atoms with Crippen LogP contribution in [0.1, 0.15) is 0 Å². The molecular formula is C10H7Cl2FN4. The second kappa shape index (κ2) is 4.73. The van der Waals surface area contributed by atoms with Crippen LogP contribution in [0.4, 0.5) is 21.6 Å². The van der Waals surface area contributed by atoms with Gasteiger partial charge in [0.2, 0.25) is 5.28 Å². The average Bonchev–Trinajstić information content (AvgIpc) is 2.29. The number of hydrogen-bond donors (Lipinski definition) is 2. The molecule has 2 aromatic rings. The molecule has 7 heteroatoms. The largest absolute Gasteiger partial charge is 0.394 e. The van der Waals surface area contributed by atoms with Crippen molar-refractivity contribution in [1.82, 2.24) is 9.97 Å². The van der Waals surface area contributed by atoms with E-state index in [-0.39, 0.29) is 10.3 Å². The lowest BCUT2D eigenvalue weighted by Crippen LogP contribution is -2.00. The number of nitrogens with two attached hydrogens (primary N) is 1. The van der Waals surface area contributed by atoms with Gasteiger partial charge in [-0.3, -0.25) is 0 Å². The summed E-state index contributed by atoms with van der Waals surface area (Å²) in [4.78, 5) is 7.59. The van der Waals surface area contributed by atoms with E-state index in [1.807, 2.05) is 0 Å². The topological polar surface area (TPSA) is 63.8 Å². The minimum Gasteiger partial charge on any atom is -0.394 e. The maximum atomic E-state index is 13.2. The second-order valence-electron chi connectivity index (χ2n) is 3.20. The SMILES string of the molecule is Nc1cnc(Cl)nc1Nc1ccc(Cl)c(F)c1. The van der Waals surface area contributed by atoms with Gasteiger partial charge in [0.1, 0.15) is 5.82 Å². The molecule has 0 aliphatic carbocycles. The van der Waals surface area contributed by atoms with Gasteiger partial charge in [0, 0.05) is 5.69 Å². The van der Waals surface area contributed by atoms with Gasteiger partial charge < -0.3 is 11.1 Å². The summed E-state index contributed by atoms with van der Waals surface area (Å²) in [6.45, 7) is 0. The first-order valence-electron chi connectivity index (χ1n) is 4.56. The second-order valence-corrected chi connectivity index (χ2v) is 3.94. The zero-order chi connectivity index (χ0) is 12.4. The van der Waals surface area contributed by atoms with Crippen molar-refractivity contribution < 1.29 is 4.39 Å². The molecule has 0 unspecified atom stereocenters. The molecule has 0 saturated carbocycles. The standard InChI is InChI=1S/C10H7Cl2FN4/c11-6-2-1-5(3-7(6)13)16-9-8(14)4-15-10(12)17-9/h1-4H,14H2,(H,15,16,17). The van der Waals surface area contributed by atoms with Crippen molar-refractivity contribution in [3.8, 4) is 0 Å². The Morgan fingerprint density at radius 3 is 2.76 bits per heavy atom. The third kappa shape index (κ3) is 2.75. The molecule has 0 bridgehead atoms. The number of aromatic nitrogens is 2. The zero-order valence-electron chi connectivity index (χ0n) is 8.42. The maximum absolute atomic E-state index is 13.2. The summed E-state index contributed by atoms with van der Waals surface area (Å²) >= 11 is 11.2. The predicted octanol–water partition coefficient (Wildman–Crippen LogP) is 3.25. The van der Waals surface area contributed by atoms with Gasteiger partial charge >= 0.3 is 0 Å². The monoisotopic (exact) mass is 272 g/mol. The van der Waals surface area contributed by atoms with Crippen LogP contribution in [-0.2, 0) is 0 Å². The minimum atomic E-state index is -0.532. The number of hydrogen-bond acceptors (Lipinski definition) is 4. The van der Waals surface area contributed by atoms with Gasteiger partial charge in [0.25, 0.3) is 0 Å². The summed E-state index contributed by atoms with van der Waals surface area (Å²) < 4.78 is 13.2. The number of rotatable bonds is 2. The molecule has 88 valence electrons. The van der Waals surface area contributed by atoms with Gasteiger partial charge in [0.05, 0.1) is 16.9 Å². The molecule has 4 nitrogen and oxygen atoms in total. The summed E-state index contributed by atoms with van der Waals surface area (Å²) in [6, 6.07) is 4.26. The van der Waals surface area contributed by atoms with Gasteiger partial charge in [-0.2, -0.15) is 4.98 Å². The van der Waals surface area contributed by atoms with Crippen molar-refractivity contribution in [1.29, 1.82) is 0 Å². The van der Waals surface area contributed by atoms with Gasteiger partial charge in [-0.15, -0.1) is 0 Å². The van der Waals surface area contributed by atoms with Gasteiger partial charge in [0.15, 0.2) is 5.82 Å². The quantitative estimate of drug-likeness (QED) is 0.824. The molecule has 1 aromatic carbocycles. The van der Waals surface area contributed by atoms with E-state index in [9.17, 15) is 4.39 Å². The predicted molar refractivity (Wildman–Crippen MR) is 66.1 cm³/mol. The highest BCUT2D eigenvalue weighted by molar-refractivity contribution is 6.30. The Hall–Kier alpha value is -1.59. The van der Waals surface area contributed by atoms with Crippen LogP contribution < -0.4 is 11.1 Å². The normalized spacial score (nSPS) is 10.3. The van der Waals surface area contributed by atoms with Crippen LogP contribution in [0.15, 0.2) is 24.4 Å². The summed E-state index contributed by atoms with van der Waals surface area (Å²) in [5.74, 6) is -0.220. The lowest BCUT2D eigenvalue weighted by atomic mass is 10.3. The van der Waals surface area contributed by atoms with Gasteiger partial charge in [-0.1, -0.05) is 11.6 Å². The number of nitrogens with one attached hydrogen (secondary N) is 1. The van der Waals surface area contributed by atoms with E-state index >= 15 is 0 Å². The molecule has 0 amide bonds. The highest BCUT2D eigenvalue weighted by atomic mass is 35.5. The van der Waals surface area contributed by atoms with Crippen molar-refractivity contribution in [2.75, 3.05) is 11.1 Å². The van der Waals surface area contributed by atoms with Gasteiger partial charge in [-0.05, 0) is 29.8 Å². The first-order valence-corrected chi connectivity index (χ1v) is 5.32. The molecule has 1 aromatic heterocycles. The van der Waals surface area contributed by atoms with Crippen molar-refractivity contribution in [2.24, 2.45) is 0 Å². The lowest BCUT2D eigenvalue weighted by molar-refractivity contribution is 0.629. The molecule has 0 fully saturated rings. The summed E-state index contributed by atoms with van der Waals surface area (Å²) in [5.41, 5.74) is 6.42. The first kappa shape index (κ1) is 11.9. The van der Waals surface area contributed by atoms with Crippen molar-refractivity contribution >= 4 is 40.4 Å². The minimum absolute atomic E-state index is 0.0456. The Labute approximate surface area is 107 Å². The van der Waals surface area contributed by atoms with Crippen LogP contribution in [0.25, 0.3) is 0 Å². The lowest BCUT2D eigenvalue weighted by Gasteiger charge is -2.08. The molecule has 2 rings (SSSR count). The fourth-order valence-corrected chi connectivity index (χ4v) is 1.43. The molecule has 0 aliphatic heterocycles. The van der Waals surface area contributed by atoms with E-state index in [1.165, 1.54) is 18.3 Å². The van der Waals surface area contributed by atoms with E-state index in [1.54, 1.807) is 6.07 Å². The number of nitrogen functional groups attached to an aromatic ring is 1. The van der Waals surface area contributed by atoms with E-state index in [0.29, 0.717) is 17.2 Å². The summed E-state index contributed by atoms with van der Waals surface area (Å²) in [5, 5.41) is 2.92. The maximum Gasteiger partial charge on any atom is 0.224 e. The Morgan fingerprint density at radius 2 is 2.06 bits per heavy atom. The number of halogens is 3. The number of benzene rings is 1. The Morgan fingerprint density at radius 1 is 1.29 bits per heavy atom. The van der Waals surface area contributed by atoms with Crippen LogP contribution in [0.5, 0.6) is 0 Å². The smallest absolute Gasteiger partial charge is 0.224 e. The fraction of sp³-hybridized carbons (Fsp3) is 0. The number of nitrogens with zero attached hydrogens (tertiary/aromatic N) is 2. The van der Waals surface area contributed by atoms with E-state index in [0.717, 1.165) is 0 Å². The zero-order valence-corrected chi connectivity index (χ0v) is 9.93. The van der Waals surface area contributed by atoms with Crippen LogP contribution in [0, 0.1) is 5.82 Å². The highest BCUT2D eigenvalue weighted by Crippen LogP contribution is 2.24. The molecule has 0 atom stereocenters. The van der Waals surface area contributed by atoms with E-state index in [4.69, 9.17) is 28.9 Å². The fourth-order valence-electron chi connectivity index (χ4n) is 1.18. The summed E-state index contributed by atoms with van der Waals surface area (Å²) in [6.07, 6.45) is 1.37. The first-order chi connectivity index (χ1) is 8.06. The average molecular weight is 273 g/mol. The third-order valence-electron chi connectivity index (χ3n) is 1.97. The van der Waals surface area contributed by atoms with Crippen LogP contribution >= 0.6 is 23.2 Å². The third-order valence-corrected chi connectivity index (χ3v) is 2.46. The molecule has 0 saturated heterocycles. The van der Waals surface area contributed by atoms with Crippen molar-refractivity contribution in [3.63, 3.8) is 0 Å². The van der Waals surface area contributed by atoms with Crippen molar-refractivity contribution in [2.45, 2.75) is 0 Å². The Balaban J connectivity index is 2.31.